The molecule has 0 saturated carbocycles. The van der Waals surface area contributed by atoms with E-state index in [1.807, 2.05) is 11.9 Å². The van der Waals surface area contributed by atoms with E-state index in [2.05, 4.69) is 46.2 Å². The van der Waals surface area contributed by atoms with Gasteiger partial charge in [-0.05, 0) is 19.4 Å². The molecule has 0 saturated heterocycles. The van der Waals surface area contributed by atoms with Crippen molar-refractivity contribution in [2.75, 3.05) is 32.9 Å². The minimum atomic E-state index is -3.14. The standard InChI is InChI=1S/C15H26N4O2S/c1-5-22(20,21)18-11-10-17-15(16-3)19(4)12-14-8-6-13(2)7-9-14/h6-9,18H,5,10-12H2,1-4H3,(H,16,17). The van der Waals surface area contributed by atoms with Gasteiger partial charge in [-0.1, -0.05) is 29.8 Å². The number of hydrogen-bond donors (Lipinski definition) is 2. The fourth-order valence-electron chi connectivity index (χ4n) is 1.91. The molecule has 7 heteroatoms. The van der Waals surface area contributed by atoms with Crippen LogP contribution in [0.3, 0.4) is 0 Å². The Balaban J connectivity index is 2.45. The molecule has 1 aromatic rings. The average molecular weight is 326 g/mol. The SMILES string of the molecule is CCS(=O)(=O)NCCNC(=NC)N(C)Cc1ccc(C)cc1. The van der Waals surface area contributed by atoms with E-state index in [1.54, 1.807) is 14.0 Å². The minimum absolute atomic E-state index is 0.0923. The van der Waals surface area contributed by atoms with Gasteiger partial charge in [0, 0.05) is 33.7 Å². The van der Waals surface area contributed by atoms with E-state index < -0.39 is 10.0 Å². The third-order valence-corrected chi connectivity index (χ3v) is 4.63. The van der Waals surface area contributed by atoms with E-state index in [0.29, 0.717) is 13.1 Å². The molecule has 6 nitrogen and oxygen atoms in total. The Morgan fingerprint density at radius 1 is 1.23 bits per heavy atom. The van der Waals surface area contributed by atoms with Crippen LogP contribution in [0.15, 0.2) is 29.3 Å². The Bertz CT molecular complexity index is 582. The molecule has 0 aromatic heterocycles. The van der Waals surface area contributed by atoms with Crippen LogP contribution in [-0.4, -0.2) is 52.2 Å². The third kappa shape index (κ3) is 6.44. The molecule has 0 unspecified atom stereocenters. The quantitative estimate of drug-likeness (QED) is 0.444. The Hall–Kier alpha value is -1.60. The zero-order valence-electron chi connectivity index (χ0n) is 13.8. The van der Waals surface area contributed by atoms with E-state index in [0.717, 1.165) is 12.5 Å². The highest BCUT2D eigenvalue weighted by molar-refractivity contribution is 7.89. The van der Waals surface area contributed by atoms with Crippen LogP contribution < -0.4 is 10.0 Å². The minimum Gasteiger partial charge on any atom is -0.355 e. The smallest absolute Gasteiger partial charge is 0.211 e. The summed E-state index contributed by atoms with van der Waals surface area (Å²) in [4.78, 5) is 6.21. The molecule has 124 valence electrons. The van der Waals surface area contributed by atoms with Gasteiger partial charge in [0.1, 0.15) is 0 Å². The number of sulfonamides is 1. The lowest BCUT2D eigenvalue weighted by molar-refractivity contribution is 0.477. The fraction of sp³-hybridized carbons (Fsp3) is 0.533. The molecular formula is C15H26N4O2S. The summed E-state index contributed by atoms with van der Waals surface area (Å²) in [7, 11) is 0.522. The number of guanidine groups is 1. The summed E-state index contributed by atoms with van der Waals surface area (Å²) in [6.07, 6.45) is 0. The van der Waals surface area contributed by atoms with Crippen LogP contribution in [0.2, 0.25) is 0 Å². The van der Waals surface area contributed by atoms with Crippen LogP contribution >= 0.6 is 0 Å². The Kier molecular flexibility index (Phi) is 7.34. The maximum Gasteiger partial charge on any atom is 0.211 e. The van der Waals surface area contributed by atoms with E-state index in [1.165, 1.54) is 11.1 Å². The lowest BCUT2D eigenvalue weighted by atomic mass is 10.1. The van der Waals surface area contributed by atoms with Crippen molar-refractivity contribution in [2.45, 2.75) is 20.4 Å². The highest BCUT2D eigenvalue weighted by atomic mass is 32.2. The maximum absolute atomic E-state index is 11.3. The average Bonchev–Trinajstić information content (AvgIpc) is 2.49. The largest absolute Gasteiger partial charge is 0.355 e. The third-order valence-electron chi connectivity index (χ3n) is 3.22. The zero-order chi connectivity index (χ0) is 16.6. The molecular weight excluding hydrogens is 300 g/mol. The number of nitrogens with zero attached hydrogens (tertiary/aromatic N) is 2. The lowest BCUT2D eigenvalue weighted by Crippen LogP contribution is -2.42. The normalized spacial score (nSPS) is 12.3. The van der Waals surface area contributed by atoms with Gasteiger partial charge < -0.3 is 10.2 Å². The van der Waals surface area contributed by atoms with Gasteiger partial charge in [-0.25, -0.2) is 13.1 Å². The summed E-state index contributed by atoms with van der Waals surface area (Å²) in [6, 6.07) is 8.35. The summed E-state index contributed by atoms with van der Waals surface area (Å²) in [5, 5.41) is 3.15. The molecule has 1 rings (SSSR count). The molecule has 0 heterocycles. The first-order valence-corrected chi connectivity index (χ1v) is 8.98. The Morgan fingerprint density at radius 2 is 1.86 bits per heavy atom. The highest BCUT2D eigenvalue weighted by Crippen LogP contribution is 2.05. The fourth-order valence-corrected chi connectivity index (χ4v) is 2.53. The van der Waals surface area contributed by atoms with Gasteiger partial charge >= 0.3 is 0 Å². The monoisotopic (exact) mass is 326 g/mol. The second-order valence-corrected chi connectivity index (χ2v) is 7.21. The maximum atomic E-state index is 11.3. The molecule has 2 N–H and O–H groups in total. The lowest BCUT2D eigenvalue weighted by Gasteiger charge is -2.22. The van der Waals surface area contributed by atoms with E-state index in [9.17, 15) is 8.42 Å². The molecule has 0 aliphatic heterocycles. The molecule has 1 aromatic carbocycles. The summed E-state index contributed by atoms with van der Waals surface area (Å²) >= 11 is 0. The highest BCUT2D eigenvalue weighted by Gasteiger charge is 2.08. The van der Waals surface area contributed by atoms with Crippen molar-refractivity contribution in [1.82, 2.24) is 14.9 Å². The van der Waals surface area contributed by atoms with Crippen LogP contribution in [0.4, 0.5) is 0 Å². The molecule has 0 aliphatic rings. The van der Waals surface area contributed by atoms with Crippen molar-refractivity contribution < 1.29 is 8.42 Å². The second-order valence-electron chi connectivity index (χ2n) is 5.11. The van der Waals surface area contributed by atoms with E-state index in [-0.39, 0.29) is 5.75 Å². The van der Waals surface area contributed by atoms with Gasteiger partial charge in [0.15, 0.2) is 5.96 Å². The van der Waals surface area contributed by atoms with Crippen LogP contribution in [0.25, 0.3) is 0 Å². The number of benzene rings is 1. The topological polar surface area (TPSA) is 73.8 Å². The van der Waals surface area contributed by atoms with Crippen molar-refractivity contribution in [1.29, 1.82) is 0 Å². The molecule has 0 amide bonds. The number of aliphatic imine (C=N–C) groups is 1. The van der Waals surface area contributed by atoms with Crippen LogP contribution in [-0.2, 0) is 16.6 Å². The van der Waals surface area contributed by atoms with Crippen molar-refractivity contribution in [3.05, 3.63) is 35.4 Å². The summed E-state index contributed by atoms with van der Waals surface area (Å²) < 4.78 is 25.2. The van der Waals surface area contributed by atoms with Crippen LogP contribution in [0.1, 0.15) is 18.1 Å². The number of aryl methyl sites for hydroxylation is 1. The first kappa shape index (κ1) is 18.4. The predicted octanol–water partition coefficient (Wildman–Crippen LogP) is 0.942. The molecule has 0 radical (unpaired) electrons. The Labute approximate surface area is 133 Å². The summed E-state index contributed by atoms with van der Waals surface area (Å²) in [5.74, 6) is 0.825. The first-order chi connectivity index (χ1) is 10.4. The molecule has 22 heavy (non-hydrogen) atoms. The predicted molar refractivity (Wildman–Crippen MR) is 91.5 cm³/mol. The van der Waals surface area contributed by atoms with Crippen LogP contribution in [0, 0.1) is 6.92 Å². The van der Waals surface area contributed by atoms with Gasteiger partial charge in [-0.2, -0.15) is 0 Å². The number of rotatable bonds is 7. The van der Waals surface area contributed by atoms with Gasteiger partial charge in [0.2, 0.25) is 10.0 Å². The Morgan fingerprint density at radius 3 is 2.41 bits per heavy atom. The molecule has 0 bridgehead atoms. The van der Waals surface area contributed by atoms with Gasteiger partial charge in [0.25, 0.3) is 0 Å². The van der Waals surface area contributed by atoms with E-state index >= 15 is 0 Å². The van der Waals surface area contributed by atoms with Gasteiger partial charge in [-0.3, -0.25) is 4.99 Å². The number of hydrogen-bond acceptors (Lipinski definition) is 3. The molecule has 0 fully saturated rings. The summed E-state index contributed by atoms with van der Waals surface area (Å²) in [6.45, 7) is 5.24. The van der Waals surface area contributed by atoms with E-state index in [4.69, 9.17) is 0 Å². The van der Waals surface area contributed by atoms with Gasteiger partial charge in [0.05, 0.1) is 5.75 Å². The van der Waals surface area contributed by atoms with Crippen molar-refractivity contribution in [2.24, 2.45) is 4.99 Å². The first-order valence-electron chi connectivity index (χ1n) is 7.32. The van der Waals surface area contributed by atoms with Crippen molar-refractivity contribution in [3.8, 4) is 0 Å². The molecule has 0 aliphatic carbocycles. The summed E-state index contributed by atoms with van der Waals surface area (Å²) in [5.41, 5.74) is 2.43. The van der Waals surface area contributed by atoms with Gasteiger partial charge in [-0.15, -0.1) is 0 Å². The van der Waals surface area contributed by atoms with Crippen molar-refractivity contribution >= 4 is 16.0 Å². The molecule has 0 atom stereocenters. The van der Waals surface area contributed by atoms with Crippen LogP contribution in [0.5, 0.6) is 0 Å². The zero-order valence-corrected chi connectivity index (χ0v) is 14.6. The number of nitrogens with one attached hydrogen (secondary N) is 2. The second kappa shape index (κ2) is 8.75. The van der Waals surface area contributed by atoms with Crippen molar-refractivity contribution in [3.63, 3.8) is 0 Å². The molecule has 0 spiro atoms.